The van der Waals surface area contributed by atoms with E-state index in [9.17, 15) is 9.18 Å². The van der Waals surface area contributed by atoms with E-state index in [0.717, 1.165) is 26.5 Å². The zero-order chi connectivity index (χ0) is 32.6. The zero-order valence-corrected chi connectivity index (χ0v) is 27.6. The molecule has 3 aromatic heterocycles. The lowest BCUT2D eigenvalue weighted by Crippen LogP contribution is -2.13. The number of fused-ring (bicyclic) bond motifs is 1. The van der Waals surface area contributed by atoms with E-state index in [2.05, 4.69) is 42.6 Å². The molecule has 2 N–H and O–H groups in total. The van der Waals surface area contributed by atoms with Crippen LogP contribution in [0, 0.1) is 24.6 Å². The molecule has 5 rings (SSSR count). The van der Waals surface area contributed by atoms with Gasteiger partial charge in [-0.05, 0) is 81.4 Å². The number of benzene rings is 2. The Labute approximate surface area is 274 Å². The van der Waals surface area contributed by atoms with Gasteiger partial charge in [0.25, 0.3) is 0 Å². The monoisotopic (exact) mass is 657 g/mol. The minimum absolute atomic E-state index is 0.0980. The number of esters is 1. The van der Waals surface area contributed by atoms with Gasteiger partial charge >= 0.3 is 5.97 Å². The second kappa shape index (κ2) is 14.9. The van der Waals surface area contributed by atoms with Crippen LogP contribution in [0.1, 0.15) is 40.3 Å². The highest BCUT2D eigenvalue weighted by molar-refractivity contribution is 7.22. The number of hydrogen-bond acceptors (Lipinski definition) is 12. The predicted octanol–water partition coefficient (Wildman–Crippen LogP) is 6.73. The summed E-state index contributed by atoms with van der Waals surface area (Å²) in [7, 11) is 3.60. The summed E-state index contributed by atoms with van der Waals surface area (Å²) in [6.07, 6.45) is 1.79. The number of carbonyl (C=O) groups excluding carboxylic acids is 1. The Hall–Kier alpha value is -4.90. The van der Waals surface area contributed by atoms with Gasteiger partial charge in [-0.3, -0.25) is 0 Å². The van der Waals surface area contributed by atoms with Gasteiger partial charge in [-0.15, -0.1) is 10.2 Å². The third-order valence-corrected chi connectivity index (χ3v) is 8.53. The summed E-state index contributed by atoms with van der Waals surface area (Å²) >= 11 is 2.83. The Bertz CT molecular complexity index is 1930. The summed E-state index contributed by atoms with van der Waals surface area (Å²) < 4.78 is 26.7. The third-order valence-electron chi connectivity index (χ3n) is 6.49. The maximum absolute atomic E-state index is 14.6. The van der Waals surface area contributed by atoms with Crippen molar-refractivity contribution in [2.45, 2.75) is 20.8 Å². The lowest BCUT2D eigenvalue weighted by molar-refractivity contribution is 0.0520. The van der Waals surface area contributed by atoms with Crippen LogP contribution in [-0.4, -0.2) is 60.0 Å². The lowest BCUT2D eigenvalue weighted by atomic mass is 10.2. The van der Waals surface area contributed by atoms with Crippen molar-refractivity contribution in [3.8, 4) is 17.6 Å². The van der Waals surface area contributed by atoms with Crippen molar-refractivity contribution in [1.29, 1.82) is 0 Å². The first kappa shape index (κ1) is 32.5. The largest absolute Gasteiger partial charge is 0.486 e. The highest BCUT2D eigenvalue weighted by atomic mass is 32.1. The molecule has 0 amide bonds. The number of nitrogens with zero attached hydrogens (tertiary/aromatic N) is 5. The van der Waals surface area contributed by atoms with Gasteiger partial charge in [0.15, 0.2) is 39.2 Å². The molecule has 0 fully saturated rings. The number of para-hydroxylation sites is 1. The first-order chi connectivity index (χ1) is 22.2. The SMILES string of the molecule is CCOC(=O)c1nc(N(C)c2cc(C)c(Nc3nc4ccccc4s3)nn2)sc1/C=C(\C)COc1ccc(C#CCNC)cc1F. The summed E-state index contributed by atoms with van der Waals surface area (Å²) in [6.45, 7) is 6.31. The molecule has 2 aromatic carbocycles. The van der Waals surface area contributed by atoms with E-state index in [1.807, 2.05) is 44.2 Å². The van der Waals surface area contributed by atoms with Gasteiger partial charge in [-0.2, -0.15) is 0 Å². The quantitative estimate of drug-likeness (QED) is 0.117. The number of thiazole rings is 2. The van der Waals surface area contributed by atoms with Gasteiger partial charge < -0.3 is 25.0 Å². The third kappa shape index (κ3) is 7.84. The molecule has 0 bridgehead atoms. The molecule has 0 aliphatic rings. The fourth-order valence-corrected chi connectivity index (χ4v) is 6.09. The molecule has 0 saturated heterocycles. The molecule has 46 heavy (non-hydrogen) atoms. The number of carbonyl (C=O) groups is 1. The summed E-state index contributed by atoms with van der Waals surface area (Å²) in [5.41, 5.74) is 3.25. The fraction of sp³-hybridized carbons (Fsp3) is 0.242. The molecule has 0 unspecified atom stereocenters. The molecule has 0 saturated carbocycles. The van der Waals surface area contributed by atoms with Crippen LogP contribution < -0.4 is 20.3 Å². The maximum Gasteiger partial charge on any atom is 0.358 e. The highest BCUT2D eigenvalue weighted by Crippen LogP contribution is 2.34. The van der Waals surface area contributed by atoms with Crippen molar-refractivity contribution in [1.82, 2.24) is 25.5 Å². The average molecular weight is 658 g/mol. The number of hydrogen-bond donors (Lipinski definition) is 2. The minimum atomic E-state index is -0.544. The topological polar surface area (TPSA) is 114 Å². The predicted molar refractivity (Wildman–Crippen MR) is 182 cm³/mol. The van der Waals surface area contributed by atoms with Crippen molar-refractivity contribution in [2.75, 3.05) is 44.1 Å². The molecule has 3 heterocycles. The Morgan fingerprint density at radius 1 is 1.13 bits per heavy atom. The van der Waals surface area contributed by atoms with Crippen molar-refractivity contribution in [2.24, 2.45) is 0 Å². The Kier molecular flexibility index (Phi) is 10.5. The van der Waals surface area contributed by atoms with Crippen molar-refractivity contribution in [3.05, 3.63) is 81.6 Å². The molecule has 0 atom stereocenters. The summed E-state index contributed by atoms with van der Waals surface area (Å²) in [5, 5.41) is 16.2. The van der Waals surface area contributed by atoms with Gasteiger partial charge in [0.2, 0.25) is 0 Å². The van der Waals surface area contributed by atoms with Gasteiger partial charge in [0.05, 0.1) is 28.2 Å². The molecule has 0 aliphatic heterocycles. The van der Waals surface area contributed by atoms with Crippen LogP contribution in [0.4, 0.5) is 26.3 Å². The van der Waals surface area contributed by atoms with E-state index >= 15 is 0 Å². The van der Waals surface area contributed by atoms with Crippen LogP contribution in [-0.2, 0) is 4.74 Å². The van der Waals surface area contributed by atoms with Gasteiger partial charge in [-0.1, -0.05) is 46.6 Å². The first-order valence-corrected chi connectivity index (χ1v) is 16.0. The van der Waals surface area contributed by atoms with Crippen LogP contribution in [0.2, 0.25) is 0 Å². The molecule has 10 nitrogen and oxygen atoms in total. The molecule has 0 radical (unpaired) electrons. The number of rotatable bonds is 11. The minimum Gasteiger partial charge on any atom is -0.486 e. The van der Waals surface area contributed by atoms with Gasteiger partial charge in [0, 0.05) is 12.6 Å². The number of ether oxygens (including phenoxy) is 2. The average Bonchev–Trinajstić information content (AvgIpc) is 3.65. The molecular formula is C33H32FN7O3S2. The number of aromatic nitrogens is 4. The van der Waals surface area contributed by atoms with E-state index in [0.29, 0.717) is 33.8 Å². The van der Waals surface area contributed by atoms with Crippen LogP contribution in [0.25, 0.3) is 16.3 Å². The van der Waals surface area contributed by atoms with Crippen LogP contribution in [0.5, 0.6) is 5.75 Å². The Morgan fingerprint density at radius 3 is 2.70 bits per heavy atom. The highest BCUT2D eigenvalue weighted by Gasteiger charge is 2.22. The number of anilines is 4. The number of halogens is 1. The van der Waals surface area contributed by atoms with E-state index in [-0.39, 0.29) is 24.7 Å². The van der Waals surface area contributed by atoms with E-state index in [4.69, 9.17) is 9.47 Å². The lowest BCUT2D eigenvalue weighted by Gasteiger charge is -2.15. The molecule has 5 aromatic rings. The van der Waals surface area contributed by atoms with Gasteiger partial charge in [-0.25, -0.2) is 19.2 Å². The Balaban J connectivity index is 1.32. The van der Waals surface area contributed by atoms with Crippen LogP contribution in [0.3, 0.4) is 0 Å². The van der Waals surface area contributed by atoms with Gasteiger partial charge in [0.1, 0.15) is 6.61 Å². The van der Waals surface area contributed by atoms with E-state index < -0.39 is 11.8 Å². The fourth-order valence-electron chi connectivity index (χ4n) is 4.18. The molecule has 236 valence electrons. The second-order valence-electron chi connectivity index (χ2n) is 10.1. The summed E-state index contributed by atoms with van der Waals surface area (Å²) in [4.78, 5) is 24.4. The molecule has 13 heteroatoms. The number of aryl methyl sites for hydroxylation is 1. The molecular weight excluding hydrogens is 626 g/mol. The smallest absolute Gasteiger partial charge is 0.358 e. The second-order valence-corrected chi connectivity index (χ2v) is 12.1. The van der Waals surface area contributed by atoms with Crippen molar-refractivity contribution in [3.63, 3.8) is 0 Å². The zero-order valence-electron chi connectivity index (χ0n) is 26.0. The van der Waals surface area contributed by atoms with E-state index in [1.165, 1.54) is 28.7 Å². The van der Waals surface area contributed by atoms with Crippen LogP contribution in [0.15, 0.2) is 54.1 Å². The van der Waals surface area contributed by atoms with Crippen LogP contribution >= 0.6 is 22.7 Å². The molecule has 0 spiro atoms. The maximum atomic E-state index is 14.6. The molecule has 0 aliphatic carbocycles. The number of nitrogens with one attached hydrogen (secondary N) is 2. The Morgan fingerprint density at radius 2 is 1.96 bits per heavy atom. The van der Waals surface area contributed by atoms with Crippen molar-refractivity contribution < 1.29 is 18.7 Å². The van der Waals surface area contributed by atoms with E-state index in [1.54, 1.807) is 44.1 Å². The summed E-state index contributed by atoms with van der Waals surface area (Å²) in [6, 6.07) is 14.4. The first-order valence-electron chi connectivity index (χ1n) is 14.4. The van der Waals surface area contributed by atoms with Crippen molar-refractivity contribution >= 4 is 66.8 Å². The standard InChI is InChI=1S/C33H32FN7O3S2/c1-6-43-31(42)29-27(16-20(2)19-44-25-14-13-22(18-23(25)34)10-9-15-35-4)46-33(37-29)41(5)28-17-21(3)30(40-39-28)38-32-36-24-11-7-8-12-26(24)45-32/h7-8,11-14,16-18,35H,6,15,19H2,1-5H3,(H,36,38,40)/b20-16+. The normalized spacial score (nSPS) is 11.2. The summed E-state index contributed by atoms with van der Waals surface area (Å²) in [5.74, 6) is 5.99.